The first-order chi connectivity index (χ1) is 7.95. The van der Waals surface area contributed by atoms with Gasteiger partial charge >= 0.3 is 0 Å². The van der Waals surface area contributed by atoms with Crippen LogP contribution in [0.15, 0.2) is 4.52 Å². The molecule has 1 saturated heterocycles. The highest BCUT2D eigenvalue weighted by molar-refractivity contribution is 5.47. The van der Waals surface area contributed by atoms with E-state index >= 15 is 0 Å². The van der Waals surface area contributed by atoms with E-state index in [4.69, 9.17) is 4.52 Å². The summed E-state index contributed by atoms with van der Waals surface area (Å²) in [5.74, 6) is 1.09. The molecule has 0 spiro atoms. The molecule has 0 saturated carbocycles. The van der Waals surface area contributed by atoms with Gasteiger partial charge in [-0.3, -0.25) is 0 Å². The maximum absolute atomic E-state index is 5.59. The summed E-state index contributed by atoms with van der Waals surface area (Å²) in [6.45, 7) is 2.31. The van der Waals surface area contributed by atoms with Crippen LogP contribution in [0.1, 0.15) is 49.8 Å². The van der Waals surface area contributed by atoms with E-state index < -0.39 is 0 Å². The lowest BCUT2D eigenvalue weighted by atomic mass is 9.98. The fraction of sp³-hybridized carbons (Fsp3) is 0.769. The lowest BCUT2D eigenvalue weighted by molar-refractivity contribution is 0.411. The molecule has 2 aliphatic rings. The molecular weight excluding hydrogens is 200 g/mol. The predicted octanol–water partition coefficient (Wildman–Crippen LogP) is 2.93. The maximum atomic E-state index is 5.59. The number of anilines is 1. The Morgan fingerprint density at radius 3 is 2.44 bits per heavy atom. The molecule has 0 atom stereocenters. The van der Waals surface area contributed by atoms with E-state index in [2.05, 4.69) is 10.1 Å². The van der Waals surface area contributed by atoms with Crippen molar-refractivity contribution in [2.45, 2.75) is 51.4 Å². The molecule has 0 N–H and O–H groups in total. The minimum absolute atomic E-state index is 1.09. The number of fused-ring (bicyclic) bond motifs is 1. The van der Waals surface area contributed by atoms with Crippen molar-refractivity contribution >= 4 is 5.88 Å². The summed E-state index contributed by atoms with van der Waals surface area (Å²) < 4.78 is 5.59. The SMILES string of the molecule is C1CCCc2c(noc2N2CCCC2)CC1. The van der Waals surface area contributed by atoms with Crippen molar-refractivity contribution in [1.82, 2.24) is 5.16 Å². The van der Waals surface area contributed by atoms with Gasteiger partial charge in [0.25, 0.3) is 0 Å². The quantitative estimate of drug-likeness (QED) is 0.728. The Kier molecular flexibility index (Phi) is 2.85. The molecule has 0 radical (unpaired) electrons. The number of hydrogen-bond donors (Lipinski definition) is 0. The summed E-state index contributed by atoms with van der Waals surface area (Å²) in [5.41, 5.74) is 2.66. The molecule has 1 aromatic rings. The van der Waals surface area contributed by atoms with Crippen molar-refractivity contribution < 1.29 is 4.52 Å². The van der Waals surface area contributed by atoms with Crippen LogP contribution in [-0.4, -0.2) is 18.2 Å². The number of aromatic nitrogens is 1. The molecule has 0 bridgehead atoms. The summed E-state index contributed by atoms with van der Waals surface area (Å²) in [5, 5.41) is 4.29. The minimum Gasteiger partial charge on any atom is -0.340 e. The van der Waals surface area contributed by atoms with Gasteiger partial charge in [-0.15, -0.1) is 0 Å². The average Bonchev–Trinajstić information content (AvgIpc) is 2.86. The first-order valence-corrected chi connectivity index (χ1v) is 6.67. The Balaban J connectivity index is 1.87. The zero-order valence-electron chi connectivity index (χ0n) is 9.87. The largest absolute Gasteiger partial charge is 0.340 e. The van der Waals surface area contributed by atoms with Crippen LogP contribution in [-0.2, 0) is 12.8 Å². The van der Waals surface area contributed by atoms with Crippen LogP contribution in [0.25, 0.3) is 0 Å². The van der Waals surface area contributed by atoms with Crippen molar-refractivity contribution in [1.29, 1.82) is 0 Å². The number of aryl methyl sites for hydroxylation is 1. The zero-order chi connectivity index (χ0) is 10.8. The molecule has 3 nitrogen and oxygen atoms in total. The monoisotopic (exact) mass is 220 g/mol. The molecule has 88 valence electrons. The highest BCUT2D eigenvalue weighted by atomic mass is 16.5. The molecule has 1 aliphatic heterocycles. The predicted molar refractivity (Wildman–Crippen MR) is 63.8 cm³/mol. The van der Waals surface area contributed by atoms with Crippen LogP contribution in [0.3, 0.4) is 0 Å². The van der Waals surface area contributed by atoms with E-state index in [0.717, 1.165) is 25.4 Å². The Hall–Kier alpha value is -0.990. The van der Waals surface area contributed by atoms with E-state index in [1.165, 1.54) is 56.2 Å². The van der Waals surface area contributed by atoms with Gasteiger partial charge in [-0.2, -0.15) is 0 Å². The summed E-state index contributed by atoms with van der Waals surface area (Å²) in [7, 11) is 0. The third-order valence-electron chi connectivity index (χ3n) is 3.83. The first kappa shape index (κ1) is 10.2. The maximum Gasteiger partial charge on any atom is 0.230 e. The summed E-state index contributed by atoms with van der Waals surface area (Å²) in [6, 6.07) is 0. The lowest BCUT2D eigenvalue weighted by Crippen LogP contribution is -2.18. The molecule has 1 aromatic heterocycles. The fourth-order valence-electron chi connectivity index (χ4n) is 2.90. The van der Waals surface area contributed by atoms with Crippen molar-refractivity contribution in [3.8, 4) is 0 Å². The van der Waals surface area contributed by atoms with Crippen LogP contribution >= 0.6 is 0 Å². The third-order valence-corrected chi connectivity index (χ3v) is 3.83. The van der Waals surface area contributed by atoms with Gasteiger partial charge in [0.1, 0.15) is 0 Å². The molecule has 0 unspecified atom stereocenters. The number of nitrogens with zero attached hydrogens (tertiary/aromatic N) is 2. The van der Waals surface area contributed by atoms with E-state index in [1.807, 2.05) is 0 Å². The second-order valence-electron chi connectivity index (χ2n) is 5.02. The highest BCUT2D eigenvalue weighted by Gasteiger charge is 2.23. The molecular formula is C13H20N2O. The molecule has 0 aromatic carbocycles. The normalized spacial score (nSPS) is 21.6. The number of rotatable bonds is 1. The third kappa shape index (κ3) is 1.83. The average molecular weight is 220 g/mol. The molecule has 1 aliphatic carbocycles. The molecule has 0 amide bonds. The van der Waals surface area contributed by atoms with Crippen LogP contribution in [0.4, 0.5) is 5.88 Å². The van der Waals surface area contributed by atoms with Gasteiger partial charge in [0.15, 0.2) is 0 Å². The highest BCUT2D eigenvalue weighted by Crippen LogP contribution is 2.30. The second-order valence-corrected chi connectivity index (χ2v) is 5.02. The summed E-state index contributed by atoms with van der Waals surface area (Å²) >= 11 is 0. The molecule has 2 heterocycles. The molecule has 1 fully saturated rings. The Morgan fingerprint density at radius 2 is 1.62 bits per heavy atom. The van der Waals surface area contributed by atoms with Crippen molar-refractivity contribution in [3.05, 3.63) is 11.3 Å². The Morgan fingerprint density at radius 1 is 0.875 bits per heavy atom. The standard InChI is InChI=1S/C13H20N2O/c1-2-4-8-12-11(7-3-1)13(16-14-12)15-9-5-6-10-15/h1-10H2. The summed E-state index contributed by atoms with van der Waals surface area (Å²) in [6.07, 6.45) is 10.2. The molecule has 3 heteroatoms. The van der Waals surface area contributed by atoms with Crippen LogP contribution < -0.4 is 4.90 Å². The van der Waals surface area contributed by atoms with Gasteiger partial charge in [0.2, 0.25) is 5.88 Å². The van der Waals surface area contributed by atoms with Crippen molar-refractivity contribution in [2.24, 2.45) is 0 Å². The number of hydrogen-bond acceptors (Lipinski definition) is 3. The van der Waals surface area contributed by atoms with Gasteiger partial charge in [-0.05, 0) is 38.5 Å². The van der Waals surface area contributed by atoms with Crippen molar-refractivity contribution in [3.63, 3.8) is 0 Å². The topological polar surface area (TPSA) is 29.3 Å². The smallest absolute Gasteiger partial charge is 0.230 e. The van der Waals surface area contributed by atoms with E-state index in [1.54, 1.807) is 0 Å². The summed E-state index contributed by atoms with van der Waals surface area (Å²) in [4.78, 5) is 2.38. The van der Waals surface area contributed by atoms with Gasteiger partial charge in [-0.1, -0.05) is 18.0 Å². The minimum atomic E-state index is 1.09. The Labute approximate surface area is 96.8 Å². The van der Waals surface area contributed by atoms with E-state index in [-0.39, 0.29) is 0 Å². The Bertz CT molecular complexity index is 353. The van der Waals surface area contributed by atoms with Gasteiger partial charge in [0.05, 0.1) is 5.69 Å². The molecule has 16 heavy (non-hydrogen) atoms. The van der Waals surface area contributed by atoms with Crippen LogP contribution in [0.5, 0.6) is 0 Å². The van der Waals surface area contributed by atoms with Gasteiger partial charge < -0.3 is 9.42 Å². The van der Waals surface area contributed by atoms with E-state index in [9.17, 15) is 0 Å². The van der Waals surface area contributed by atoms with Gasteiger partial charge in [0, 0.05) is 18.7 Å². The van der Waals surface area contributed by atoms with Crippen molar-refractivity contribution in [2.75, 3.05) is 18.0 Å². The lowest BCUT2D eigenvalue weighted by Gasteiger charge is -2.16. The fourth-order valence-corrected chi connectivity index (χ4v) is 2.90. The van der Waals surface area contributed by atoms with Crippen LogP contribution in [0, 0.1) is 0 Å². The zero-order valence-corrected chi connectivity index (χ0v) is 9.87. The second kappa shape index (κ2) is 4.48. The van der Waals surface area contributed by atoms with Crippen LogP contribution in [0.2, 0.25) is 0 Å². The molecule has 3 rings (SSSR count). The first-order valence-electron chi connectivity index (χ1n) is 6.67. The van der Waals surface area contributed by atoms with E-state index in [0.29, 0.717) is 0 Å². The van der Waals surface area contributed by atoms with Gasteiger partial charge in [-0.25, -0.2) is 0 Å².